The molecule has 0 aromatic heterocycles. The van der Waals surface area contributed by atoms with E-state index in [-0.39, 0.29) is 24.8 Å². The molecule has 0 saturated carbocycles. The summed E-state index contributed by atoms with van der Waals surface area (Å²) in [6.07, 6.45) is 3.73. The maximum atomic E-state index is 13.8. The fourth-order valence-corrected chi connectivity index (χ4v) is 4.35. The molecule has 41 heavy (non-hydrogen) atoms. The third-order valence-corrected chi connectivity index (χ3v) is 6.69. The molecular weight excluding hydrogens is 520 g/mol. The van der Waals surface area contributed by atoms with Crippen molar-refractivity contribution in [2.45, 2.75) is 63.5 Å². The van der Waals surface area contributed by atoms with E-state index in [4.69, 9.17) is 28.7 Å². The Bertz CT molecular complexity index is 1100. The summed E-state index contributed by atoms with van der Waals surface area (Å²) in [5, 5.41) is 2.78. The standard InChI is InChI=1S/C30H46N8O3/c31-17-5-4-12-26(37-28(40)25(33)11-8-18-32)29(41)38(20-7-6-19-36-30(34)35)27(39)21-22-13-15-24(16-14-22)23-9-2-1-3-10-23/h1-3,9-10,13-16,25-26H,4-8,11-12,17-21,31-33H2,(H,37,40)(H4,34,35,36)/t25-,26-/m0/s1. The number of carbonyl (C=O) groups excluding carboxylic acids is 3. The lowest BCUT2D eigenvalue weighted by atomic mass is 10.0. The van der Waals surface area contributed by atoms with E-state index in [2.05, 4.69) is 10.3 Å². The summed E-state index contributed by atoms with van der Waals surface area (Å²) in [6, 6.07) is 15.9. The van der Waals surface area contributed by atoms with Gasteiger partial charge in [0.25, 0.3) is 5.91 Å². The van der Waals surface area contributed by atoms with Crippen LogP contribution in [-0.4, -0.2) is 66.8 Å². The predicted octanol–water partition coefficient (Wildman–Crippen LogP) is 0.985. The first-order valence-corrected chi connectivity index (χ1v) is 14.3. The van der Waals surface area contributed by atoms with Crippen LogP contribution in [-0.2, 0) is 20.8 Å². The zero-order chi connectivity index (χ0) is 30.0. The summed E-state index contributed by atoms with van der Waals surface area (Å²) < 4.78 is 0. The number of nitrogens with one attached hydrogen (secondary N) is 1. The Labute approximate surface area is 242 Å². The van der Waals surface area contributed by atoms with E-state index in [1.54, 1.807) is 0 Å². The first kappa shape index (κ1) is 33.4. The Morgan fingerprint density at radius 1 is 0.805 bits per heavy atom. The van der Waals surface area contributed by atoms with Crippen LogP contribution in [0.25, 0.3) is 11.1 Å². The highest BCUT2D eigenvalue weighted by Gasteiger charge is 2.30. The van der Waals surface area contributed by atoms with Crippen LogP contribution in [0.4, 0.5) is 0 Å². The fraction of sp³-hybridized carbons (Fsp3) is 0.467. The number of nitrogens with two attached hydrogens (primary N) is 5. The Hall–Kier alpha value is -3.80. The van der Waals surface area contributed by atoms with E-state index >= 15 is 0 Å². The van der Waals surface area contributed by atoms with Gasteiger partial charge >= 0.3 is 0 Å². The second-order valence-electron chi connectivity index (χ2n) is 10.0. The highest BCUT2D eigenvalue weighted by Crippen LogP contribution is 2.20. The molecule has 2 aromatic rings. The van der Waals surface area contributed by atoms with Gasteiger partial charge in [-0.05, 0) is 74.7 Å². The number of guanidine groups is 1. The van der Waals surface area contributed by atoms with Gasteiger partial charge in [0.2, 0.25) is 11.8 Å². The summed E-state index contributed by atoms with van der Waals surface area (Å²) in [6.45, 7) is 1.42. The van der Waals surface area contributed by atoms with Crippen LogP contribution in [0.5, 0.6) is 0 Å². The average molecular weight is 567 g/mol. The van der Waals surface area contributed by atoms with E-state index < -0.39 is 23.9 Å². The van der Waals surface area contributed by atoms with Crippen molar-refractivity contribution in [3.8, 4) is 11.1 Å². The molecule has 0 aliphatic carbocycles. The van der Waals surface area contributed by atoms with Gasteiger partial charge in [-0.3, -0.25) is 24.3 Å². The van der Waals surface area contributed by atoms with Gasteiger partial charge in [-0.1, -0.05) is 54.6 Å². The lowest BCUT2D eigenvalue weighted by molar-refractivity contribution is -0.147. The molecule has 0 saturated heterocycles. The number of carbonyl (C=O) groups is 3. The van der Waals surface area contributed by atoms with Crippen LogP contribution in [0, 0.1) is 0 Å². The molecule has 11 N–H and O–H groups in total. The van der Waals surface area contributed by atoms with Crippen LogP contribution < -0.4 is 34.0 Å². The number of hydrogen-bond acceptors (Lipinski definition) is 7. The molecule has 0 aliphatic rings. The maximum Gasteiger partial charge on any atom is 0.251 e. The van der Waals surface area contributed by atoms with Gasteiger partial charge in [-0.25, -0.2) is 0 Å². The van der Waals surface area contributed by atoms with E-state index in [1.807, 2.05) is 54.6 Å². The highest BCUT2D eigenvalue weighted by molar-refractivity contribution is 6.00. The molecule has 2 rings (SSSR count). The molecule has 2 atom stereocenters. The van der Waals surface area contributed by atoms with Crippen molar-refractivity contribution in [1.29, 1.82) is 0 Å². The summed E-state index contributed by atoms with van der Waals surface area (Å²) in [5.74, 6) is -1.27. The molecule has 0 aliphatic heterocycles. The minimum absolute atomic E-state index is 0.0124. The molecular formula is C30H46N8O3. The van der Waals surface area contributed by atoms with Gasteiger partial charge < -0.3 is 34.0 Å². The van der Waals surface area contributed by atoms with Crippen LogP contribution in [0.3, 0.4) is 0 Å². The van der Waals surface area contributed by atoms with Crippen molar-refractivity contribution >= 4 is 23.7 Å². The predicted molar refractivity (Wildman–Crippen MR) is 163 cm³/mol. The lowest BCUT2D eigenvalue weighted by Crippen LogP contribution is -2.54. The lowest BCUT2D eigenvalue weighted by Gasteiger charge is -2.27. The molecule has 224 valence electrons. The SMILES string of the molecule is NCCCC[C@H](NC(=O)[C@@H](N)CCCN)C(=O)N(CCCCN=C(N)N)C(=O)Cc1ccc(-c2ccccc2)cc1. The zero-order valence-electron chi connectivity index (χ0n) is 23.8. The molecule has 0 fully saturated rings. The number of nitrogens with zero attached hydrogens (tertiary/aromatic N) is 2. The number of benzene rings is 2. The summed E-state index contributed by atoms with van der Waals surface area (Å²) >= 11 is 0. The van der Waals surface area contributed by atoms with Crippen molar-refractivity contribution in [2.24, 2.45) is 33.7 Å². The van der Waals surface area contributed by atoms with E-state index in [0.717, 1.165) is 16.7 Å². The van der Waals surface area contributed by atoms with E-state index in [0.29, 0.717) is 64.6 Å². The zero-order valence-corrected chi connectivity index (χ0v) is 23.8. The number of unbranched alkanes of at least 4 members (excludes halogenated alkanes) is 2. The second-order valence-corrected chi connectivity index (χ2v) is 10.0. The number of hydrogen-bond donors (Lipinski definition) is 6. The monoisotopic (exact) mass is 566 g/mol. The Balaban J connectivity index is 2.21. The highest BCUT2D eigenvalue weighted by atomic mass is 16.2. The van der Waals surface area contributed by atoms with Crippen LogP contribution in [0.2, 0.25) is 0 Å². The molecule has 2 aromatic carbocycles. The summed E-state index contributed by atoms with van der Waals surface area (Å²) in [4.78, 5) is 45.3. The quantitative estimate of drug-likeness (QED) is 0.0868. The Morgan fingerprint density at radius 2 is 1.46 bits per heavy atom. The Morgan fingerprint density at radius 3 is 2.10 bits per heavy atom. The first-order chi connectivity index (χ1) is 19.8. The second kappa shape index (κ2) is 18.5. The average Bonchev–Trinajstić information content (AvgIpc) is 2.97. The van der Waals surface area contributed by atoms with Crippen molar-refractivity contribution in [3.63, 3.8) is 0 Å². The molecule has 0 heterocycles. The van der Waals surface area contributed by atoms with Crippen molar-refractivity contribution in [1.82, 2.24) is 10.2 Å². The van der Waals surface area contributed by atoms with Crippen molar-refractivity contribution in [2.75, 3.05) is 26.2 Å². The minimum atomic E-state index is -0.903. The van der Waals surface area contributed by atoms with Gasteiger partial charge in [-0.2, -0.15) is 0 Å². The number of amides is 3. The topological polar surface area (TPSA) is 209 Å². The molecule has 0 spiro atoms. The van der Waals surface area contributed by atoms with Crippen molar-refractivity contribution in [3.05, 3.63) is 60.2 Å². The number of imide groups is 1. The van der Waals surface area contributed by atoms with Gasteiger partial charge in [0, 0.05) is 13.1 Å². The molecule has 11 heteroatoms. The summed E-state index contributed by atoms with van der Waals surface area (Å²) in [5.41, 5.74) is 30.9. The Kier molecular flexibility index (Phi) is 15.1. The van der Waals surface area contributed by atoms with Gasteiger partial charge in [0.05, 0.1) is 12.5 Å². The van der Waals surface area contributed by atoms with Crippen LogP contribution in [0.1, 0.15) is 50.5 Å². The van der Waals surface area contributed by atoms with E-state index in [1.165, 1.54) is 4.90 Å². The first-order valence-electron chi connectivity index (χ1n) is 14.3. The molecule has 0 radical (unpaired) electrons. The molecule has 0 bridgehead atoms. The van der Waals surface area contributed by atoms with E-state index in [9.17, 15) is 14.4 Å². The van der Waals surface area contributed by atoms with Crippen molar-refractivity contribution < 1.29 is 14.4 Å². The minimum Gasteiger partial charge on any atom is -0.370 e. The largest absolute Gasteiger partial charge is 0.370 e. The van der Waals surface area contributed by atoms with Gasteiger partial charge in [0.1, 0.15) is 6.04 Å². The normalized spacial score (nSPS) is 12.3. The number of rotatable bonds is 18. The third kappa shape index (κ3) is 12.1. The summed E-state index contributed by atoms with van der Waals surface area (Å²) in [7, 11) is 0. The van der Waals surface area contributed by atoms with Gasteiger partial charge in [-0.15, -0.1) is 0 Å². The number of aliphatic imine (C=N–C) groups is 1. The molecule has 3 amide bonds. The molecule has 11 nitrogen and oxygen atoms in total. The maximum absolute atomic E-state index is 13.8. The smallest absolute Gasteiger partial charge is 0.251 e. The third-order valence-electron chi connectivity index (χ3n) is 6.69. The fourth-order valence-electron chi connectivity index (χ4n) is 4.35. The molecule has 0 unspecified atom stereocenters. The van der Waals surface area contributed by atoms with Crippen LogP contribution in [0.15, 0.2) is 59.6 Å². The van der Waals surface area contributed by atoms with Gasteiger partial charge in [0.15, 0.2) is 5.96 Å². The van der Waals surface area contributed by atoms with Crippen LogP contribution >= 0.6 is 0 Å².